The third-order valence-electron chi connectivity index (χ3n) is 4.80. The number of rotatable bonds is 4. The van der Waals surface area contributed by atoms with Gasteiger partial charge in [-0.05, 0) is 42.5 Å². The minimum Gasteiger partial charge on any atom is -0.443 e. The zero-order chi connectivity index (χ0) is 14.2. The molecule has 1 amide bonds. The second-order valence-electron chi connectivity index (χ2n) is 6.12. The molecule has 2 bridgehead atoms. The Kier molecular flexibility index (Phi) is 3.30. The van der Waals surface area contributed by atoms with Gasteiger partial charge in [-0.25, -0.2) is 4.98 Å². The molecule has 1 N–H and O–H groups in total. The largest absolute Gasteiger partial charge is 0.443 e. The number of oxazole rings is 1. The third kappa shape index (κ3) is 2.50. The predicted octanol–water partition coefficient (Wildman–Crippen LogP) is 3.46. The van der Waals surface area contributed by atoms with Crippen molar-refractivity contribution in [3.63, 3.8) is 0 Å². The van der Waals surface area contributed by atoms with E-state index in [0.717, 1.165) is 22.9 Å². The number of fused-ring (bicyclic) bond motifs is 2. The molecule has 2 aromatic rings. The first-order chi connectivity index (χ1) is 10.3. The van der Waals surface area contributed by atoms with E-state index >= 15 is 0 Å². The fraction of sp³-hybridized carbons (Fsp3) is 0.500. The quantitative estimate of drug-likeness (QED) is 0.941. The summed E-state index contributed by atoms with van der Waals surface area (Å²) < 4.78 is 5.46. The molecule has 2 aromatic heterocycles. The van der Waals surface area contributed by atoms with Gasteiger partial charge in [0.05, 0.1) is 17.1 Å². The van der Waals surface area contributed by atoms with Crippen LogP contribution in [0.2, 0.25) is 0 Å². The van der Waals surface area contributed by atoms with Gasteiger partial charge in [-0.3, -0.25) is 4.79 Å². The van der Waals surface area contributed by atoms with E-state index in [1.54, 1.807) is 17.6 Å². The summed E-state index contributed by atoms with van der Waals surface area (Å²) in [6, 6.07) is 3.95. The van der Waals surface area contributed by atoms with E-state index in [-0.39, 0.29) is 11.8 Å². The maximum atomic E-state index is 12.3. The maximum absolute atomic E-state index is 12.3. The van der Waals surface area contributed by atoms with E-state index in [0.29, 0.717) is 18.4 Å². The van der Waals surface area contributed by atoms with Crippen LogP contribution in [0.25, 0.3) is 10.8 Å². The van der Waals surface area contributed by atoms with Gasteiger partial charge in [-0.1, -0.05) is 12.5 Å². The molecule has 21 heavy (non-hydrogen) atoms. The minimum absolute atomic E-state index is 0.197. The molecule has 4 nitrogen and oxygen atoms in total. The molecule has 0 spiro atoms. The van der Waals surface area contributed by atoms with Crippen molar-refractivity contribution < 1.29 is 9.21 Å². The number of aromatic nitrogens is 1. The molecule has 0 saturated heterocycles. The van der Waals surface area contributed by atoms with Crippen molar-refractivity contribution in [2.24, 2.45) is 17.8 Å². The Labute approximate surface area is 127 Å². The van der Waals surface area contributed by atoms with Crippen LogP contribution >= 0.6 is 11.3 Å². The first-order valence-corrected chi connectivity index (χ1v) is 8.43. The zero-order valence-electron chi connectivity index (χ0n) is 11.7. The number of hydrogen-bond donors (Lipinski definition) is 1. The van der Waals surface area contributed by atoms with Crippen LogP contribution in [0.15, 0.2) is 28.2 Å². The van der Waals surface area contributed by atoms with Gasteiger partial charge in [-0.2, -0.15) is 0 Å². The lowest BCUT2D eigenvalue weighted by Crippen LogP contribution is -2.33. The van der Waals surface area contributed by atoms with Gasteiger partial charge in [0, 0.05) is 5.92 Å². The molecular weight excluding hydrogens is 284 g/mol. The second-order valence-corrected chi connectivity index (χ2v) is 7.07. The number of nitrogens with zero attached hydrogens (tertiary/aromatic N) is 1. The molecule has 2 saturated carbocycles. The molecule has 0 aromatic carbocycles. The molecule has 2 heterocycles. The zero-order valence-corrected chi connectivity index (χ0v) is 12.6. The van der Waals surface area contributed by atoms with Gasteiger partial charge in [0.25, 0.3) is 0 Å². The summed E-state index contributed by atoms with van der Waals surface area (Å²) in [4.78, 5) is 17.7. The lowest BCUT2D eigenvalue weighted by atomic mass is 9.88. The number of thiophene rings is 1. The summed E-state index contributed by atoms with van der Waals surface area (Å²) in [7, 11) is 0. The van der Waals surface area contributed by atoms with Gasteiger partial charge < -0.3 is 9.73 Å². The van der Waals surface area contributed by atoms with Gasteiger partial charge in [0.2, 0.25) is 11.8 Å². The number of carbonyl (C=O) groups is 1. The SMILES string of the molecule is O=C(NCc1coc(-c2cccs2)n1)C1CC2CCC1C2. The van der Waals surface area contributed by atoms with Crippen molar-refractivity contribution in [1.29, 1.82) is 0 Å². The fourth-order valence-corrected chi connectivity index (χ4v) is 4.43. The van der Waals surface area contributed by atoms with E-state index < -0.39 is 0 Å². The van der Waals surface area contributed by atoms with Crippen molar-refractivity contribution in [2.45, 2.75) is 32.2 Å². The molecule has 0 aliphatic heterocycles. The first kappa shape index (κ1) is 13.1. The molecule has 4 rings (SSSR count). The van der Waals surface area contributed by atoms with Gasteiger partial charge >= 0.3 is 0 Å². The summed E-state index contributed by atoms with van der Waals surface area (Å²) in [5.74, 6) is 2.47. The first-order valence-electron chi connectivity index (χ1n) is 7.55. The molecule has 3 atom stereocenters. The van der Waals surface area contributed by atoms with Crippen LogP contribution in [0, 0.1) is 17.8 Å². The van der Waals surface area contributed by atoms with E-state index in [1.165, 1.54) is 19.3 Å². The predicted molar refractivity (Wildman–Crippen MR) is 80.6 cm³/mol. The maximum Gasteiger partial charge on any atom is 0.236 e. The van der Waals surface area contributed by atoms with Gasteiger partial charge in [-0.15, -0.1) is 11.3 Å². The van der Waals surface area contributed by atoms with Crippen LogP contribution in [-0.2, 0) is 11.3 Å². The van der Waals surface area contributed by atoms with Gasteiger partial charge in [0.15, 0.2) is 0 Å². The van der Waals surface area contributed by atoms with E-state index in [2.05, 4.69) is 10.3 Å². The van der Waals surface area contributed by atoms with Crippen LogP contribution in [0.5, 0.6) is 0 Å². The van der Waals surface area contributed by atoms with E-state index in [4.69, 9.17) is 4.42 Å². The Morgan fingerprint density at radius 1 is 1.43 bits per heavy atom. The number of amides is 1. The average Bonchev–Trinajstić information content (AvgIpc) is 3.28. The summed E-state index contributed by atoms with van der Waals surface area (Å²) in [5, 5.41) is 5.02. The molecule has 2 aliphatic rings. The highest BCUT2D eigenvalue weighted by atomic mass is 32.1. The Hall–Kier alpha value is -1.62. The highest BCUT2D eigenvalue weighted by Gasteiger charge is 2.42. The lowest BCUT2D eigenvalue weighted by Gasteiger charge is -2.20. The molecule has 2 fully saturated rings. The molecule has 0 radical (unpaired) electrons. The fourth-order valence-electron chi connectivity index (χ4n) is 3.78. The number of carbonyl (C=O) groups excluding carboxylic acids is 1. The van der Waals surface area contributed by atoms with Crippen molar-refractivity contribution >= 4 is 17.2 Å². The third-order valence-corrected chi connectivity index (χ3v) is 5.66. The van der Waals surface area contributed by atoms with Crippen LogP contribution in [0.1, 0.15) is 31.4 Å². The molecule has 2 aliphatic carbocycles. The summed E-state index contributed by atoms with van der Waals surface area (Å²) in [5.41, 5.74) is 0.787. The van der Waals surface area contributed by atoms with Crippen LogP contribution < -0.4 is 5.32 Å². The van der Waals surface area contributed by atoms with Gasteiger partial charge in [0.1, 0.15) is 6.26 Å². The number of hydrogen-bond acceptors (Lipinski definition) is 4. The Bertz CT molecular complexity index is 635. The summed E-state index contributed by atoms with van der Waals surface area (Å²) >= 11 is 1.60. The lowest BCUT2D eigenvalue weighted by molar-refractivity contribution is -0.126. The highest BCUT2D eigenvalue weighted by Crippen LogP contribution is 2.48. The normalized spacial score (nSPS) is 27.1. The highest BCUT2D eigenvalue weighted by molar-refractivity contribution is 7.13. The van der Waals surface area contributed by atoms with Crippen molar-refractivity contribution in [2.75, 3.05) is 0 Å². The van der Waals surface area contributed by atoms with Crippen LogP contribution in [0.4, 0.5) is 0 Å². The van der Waals surface area contributed by atoms with Crippen LogP contribution in [-0.4, -0.2) is 10.9 Å². The molecule has 3 unspecified atom stereocenters. The van der Waals surface area contributed by atoms with Crippen molar-refractivity contribution in [1.82, 2.24) is 10.3 Å². The molecule has 110 valence electrons. The summed E-state index contributed by atoms with van der Waals surface area (Å²) in [6.45, 7) is 0.460. The van der Waals surface area contributed by atoms with Crippen molar-refractivity contribution in [3.05, 3.63) is 29.5 Å². The minimum atomic E-state index is 0.197. The smallest absolute Gasteiger partial charge is 0.236 e. The molecule has 5 heteroatoms. The molecular formula is C16H18N2O2S. The Morgan fingerprint density at radius 3 is 3.10 bits per heavy atom. The standard InChI is InChI=1S/C16H18N2O2S/c19-15(13-7-10-3-4-11(13)6-10)17-8-12-9-20-16(18-12)14-2-1-5-21-14/h1-2,5,9-11,13H,3-4,6-8H2,(H,17,19). The second kappa shape index (κ2) is 5.30. The van der Waals surface area contributed by atoms with Crippen molar-refractivity contribution in [3.8, 4) is 10.8 Å². The Balaban J connectivity index is 1.35. The number of nitrogens with one attached hydrogen (secondary N) is 1. The van der Waals surface area contributed by atoms with E-state index in [1.807, 2.05) is 17.5 Å². The Morgan fingerprint density at radius 2 is 2.38 bits per heavy atom. The van der Waals surface area contributed by atoms with Crippen LogP contribution in [0.3, 0.4) is 0 Å². The average molecular weight is 302 g/mol. The monoisotopic (exact) mass is 302 g/mol. The summed E-state index contributed by atoms with van der Waals surface area (Å²) in [6.07, 6.45) is 6.52. The van der Waals surface area contributed by atoms with E-state index in [9.17, 15) is 4.79 Å². The topological polar surface area (TPSA) is 55.1 Å².